The Bertz CT molecular complexity index is 89.1. The second-order valence-corrected chi connectivity index (χ2v) is 2.58. The van der Waals surface area contributed by atoms with E-state index >= 15 is 0 Å². The van der Waals surface area contributed by atoms with E-state index in [1.54, 1.807) is 0 Å². The van der Waals surface area contributed by atoms with E-state index in [0.29, 0.717) is 12.0 Å². The van der Waals surface area contributed by atoms with Gasteiger partial charge in [0.05, 0.1) is 0 Å². The number of nitrogens with two attached hydrogens (primary N) is 1. The molecule has 0 aromatic carbocycles. The Hall–Kier alpha value is -0.0100. The highest BCUT2D eigenvalue weighted by Crippen LogP contribution is 2.15. The third-order valence-electron chi connectivity index (χ3n) is 1.81. The molecule has 0 fully saturated rings. The van der Waals surface area contributed by atoms with Gasteiger partial charge in [0, 0.05) is 6.04 Å². The minimum Gasteiger partial charge on any atom is -0.327 e. The van der Waals surface area contributed by atoms with Crippen LogP contribution in [0.4, 0.5) is 0 Å². The summed E-state index contributed by atoms with van der Waals surface area (Å²) in [7, 11) is 0. The highest BCUT2D eigenvalue weighted by atomic mass is 35.5. The molecule has 1 rings (SSSR count). The number of hydrogen-bond acceptors (Lipinski definition) is 1. The average molecular weight is 148 g/mol. The zero-order valence-electron chi connectivity index (χ0n) is 5.71. The molecule has 9 heavy (non-hydrogen) atoms. The first kappa shape index (κ1) is 8.99. The van der Waals surface area contributed by atoms with E-state index in [1.165, 1.54) is 6.42 Å². The summed E-state index contributed by atoms with van der Waals surface area (Å²) in [6.07, 6.45) is 6.63. The lowest BCUT2D eigenvalue weighted by molar-refractivity contribution is 0.446. The number of allylic oxidation sites excluding steroid dienone is 1. The zero-order chi connectivity index (χ0) is 5.98. The molecule has 0 bridgehead atoms. The summed E-state index contributed by atoms with van der Waals surface area (Å²) < 4.78 is 0. The summed E-state index contributed by atoms with van der Waals surface area (Å²) in [5.74, 6) is 0.694. The first-order chi connectivity index (χ1) is 3.80. The molecule has 2 atom stereocenters. The highest BCUT2D eigenvalue weighted by Gasteiger charge is 2.11. The predicted molar refractivity (Wildman–Crippen MR) is 42.8 cm³/mol. The first-order valence-corrected chi connectivity index (χ1v) is 3.21. The number of halogens is 1. The van der Waals surface area contributed by atoms with Crippen molar-refractivity contribution in [2.45, 2.75) is 25.8 Å². The molecule has 54 valence electrons. The van der Waals surface area contributed by atoms with Crippen molar-refractivity contribution in [2.24, 2.45) is 11.7 Å². The van der Waals surface area contributed by atoms with Crippen LogP contribution in [0.5, 0.6) is 0 Å². The molecule has 1 aliphatic rings. The molecule has 0 spiro atoms. The van der Waals surface area contributed by atoms with Gasteiger partial charge in [0.1, 0.15) is 0 Å². The van der Waals surface area contributed by atoms with Crippen molar-refractivity contribution in [2.75, 3.05) is 0 Å². The Labute approximate surface area is 62.7 Å². The maximum Gasteiger partial charge on any atom is 0.0102 e. The van der Waals surface area contributed by atoms with Crippen molar-refractivity contribution in [3.8, 4) is 0 Å². The van der Waals surface area contributed by atoms with Crippen molar-refractivity contribution in [3.05, 3.63) is 12.2 Å². The Morgan fingerprint density at radius 1 is 1.33 bits per heavy atom. The van der Waals surface area contributed by atoms with Crippen LogP contribution in [0, 0.1) is 5.92 Å². The minimum atomic E-state index is 0. The molecule has 0 aromatic heterocycles. The topological polar surface area (TPSA) is 26.0 Å². The van der Waals surface area contributed by atoms with Crippen LogP contribution in [-0.2, 0) is 0 Å². The molecule has 0 aromatic rings. The number of hydrogen-bond donors (Lipinski definition) is 1. The van der Waals surface area contributed by atoms with Gasteiger partial charge in [-0.05, 0) is 18.8 Å². The van der Waals surface area contributed by atoms with E-state index < -0.39 is 0 Å². The molecule has 2 heteroatoms. The van der Waals surface area contributed by atoms with Crippen molar-refractivity contribution >= 4 is 12.4 Å². The maximum absolute atomic E-state index is 5.73. The molecule has 0 amide bonds. The highest BCUT2D eigenvalue weighted by molar-refractivity contribution is 5.85. The van der Waals surface area contributed by atoms with Crippen molar-refractivity contribution in [1.82, 2.24) is 0 Å². The smallest absolute Gasteiger partial charge is 0.0102 e. The summed E-state index contributed by atoms with van der Waals surface area (Å²) in [6, 6.07) is 0.417. The fourth-order valence-corrected chi connectivity index (χ4v) is 0.971. The second kappa shape index (κ2) is 3.91. The number of rotatable bonds is 0. The van der Waals surface area contributed by atoms with Crippen LogP contribution in [0.3, 0.4) is 0 Å². The molecule has 0 radical (unpaired) electrons. The van der Waals surface area contributed by atoms with Crippen LogP contribution < -0.4 is 5.73 Å². The molecule has 1 nitrogen and oxygen atoms in total. The van der Waals surface area contributed by atoms with Crippen LogP contribution in [0.2, 0.25) is 0 Å². The van der Waals surface area contributed by atoms with Crippen molar-refractivity contribution in [1.29, 1.82) is 0 Å². The van der Waals surface area contributed by atoms with Crippen LogP contribution in [0.15, 0.2) is 12.2 Å². The monoisotopic (exact) mass is 147 g/mol. The molecular formula is C7H14ClN. The summed E-state index contributed by atoms with van der Waals surface area (Å²) in [4.78, 5) is 0. The maximum atomic E-state index is 5.73. The molecule has 1 aliphatic carbocycles. The molecule has 2 unspecified atom stereocenters. The second-order valence-electron chi connectivity index (χ2n) is 2.58. The van der Waals surface area contributed by atoms with Gasteiger partial charge >= 0.3 is 0 Å². The van der Waals surface area contributed by atoms with Gasteiger partial charge < -0.3 is 5.73 Å². The Kier molecular flexibility index (Phi) is 3.91. The van der Waals surface area contributed by atoms with E-state index in [4.69, 9.17) is 5.73 Å². The fourth-order valence-electron chi connectivity index (χ4n) is 0.971. The minimum absolute atomic E-state index is 0. The van der Waals surface area contributed by atoms with Gasteiger partial charge in [0.2, 0.25) is 0 Å². The lowest BCUT2D eigenvalue weighted by Gasteiger charge is -2.19. The summed E-state index contributed by atoms with van der Waals surface area (Å²) >= 11 is 0. The standard InChI is InChI=1S/C7H13N.ClH/c1-6-4-2-3-5-7(6)8;/h2-3,6-7H,4-5,8H2,1H3;1H. The van der Waals surface area contributed by atoms with Gasteiger partial charge in [-0.2, -0.15) is 0 Å². The Morgan fingerprint density at radius 3 is 2.22 bits per heavy atom. The average Bonchev–Trinajstić information content (AvgIpc) is 1.77. The fraction of sp³-hybridized carbons (Fsp3) is 0.714. The lowest BCUT2D eigenvalue weighted by atomic mass is 9.92. The van der Waals surface area contributed by atoms with Crippen LogP contribution in [0.1, 0.15) is 19.8 Å². The van der Waals surface area contributed by atoms with Crippen molar-refractivity contribution in [3.63, 3.8) is 0 Å². The van der Waals surface area contributed by atoms with E-state index in [2.05, 4.69) is 19.1 Å². The van der Waals surface area contributed by atoms with Gasteiger partial charge in [-0.15, -0.1) is 12.4 Å². The summed E-state index contributed by atoms with van der Waals surface area (Å²) in [5.41, 5.74) is 5.73. The normalized spacial score (nSPS) is 33.6. The van der Waals surface area contributed by atoms with Crippen molar-refractivity contribution < 1.29 is 0 Å². The van der Waals surface area contributed by atoms with E-state index in [1.807, 2.05) is 0 Å². The Morgan fingerprint density at radius 2 is 1.89 bits per heavy atom. The van der Waals surface area contributed by atoms with Crippen LogP contribution in [-0.4, -0.2) is 6.04 Å². The van der Waals surface area contributed by atoms with E-state index in [9.17, 15) is 0 Å². The summed E-state index contributed by atoms with van der Waals surface area (Å²) in [6.45, 7) is 2.20. The molecule has 2 N–H and O–H groups in total. The predicted octanol–water partition coefficient (Wildman–Crippen LogP) is 1.72. The molecular weight excluding hydrogens is 134 g/mol. The molecule has 0 saturated heterocycles. The third-order valence-corrected chi connectivity index (χ3v) is 1.81. The van der Waals surface area contributed by atoms with Gasteiger partial charge in [-0.3, -0.25) is 0 Å². The third kappa shape index (κ3) is 2.37. The van der Waals surface area contributed by atoms with Gasteiger partial charge in [-0.1, -0.05) is 19.1 Å². The molecule has 0 heterocycles. The zero-order valence-corrected chi connectivity index (χ0v) is 6.53. The molecule has 0 aliphatic heterocycles. The SMILES string of the molecule is CC1CC=CCC1N.Cl. The quantitative estimate of drug-likeness (QED) is 0.519. The Balaban J connectivity index is 0.000000640. The largest absolute Gasteiger partial charge is 0.327 e. The lowest BCUT2D eigenvalue weighted by Crippen LogP contribution is -2.28. The van der Waals surface area contributed by atoms with Crippen LogP contribution >= 0.6 is 12.4 Å². The van der Waals surface area contributed by atoms with Gasteiger partial charge in [-0.25, -0.2) is 0 Å². The van der Waals surface area contributed by atoms with Crippen LogP contribution in [0.25, 0.3) is 0 Å². The van der Waals surface area contributed by atoms with Gasteiger partial charge in [0.25, 0.3) is 0 Å². The molecule has 0 saturated carbocycles. The van der Waals surface area contributed by atoms with E-state index in [-0.39, 0.29) is 12.4 Å². The van der Waals surface area contributed by atoms with E-state index in [0.717, 1.165) is 6.42 Å². The first-order valence-electron chi connectivity index (χ1n) is 3.21. The summed E-state index contributed by atoms with van der Waals surface area (Å²) in [5, 5.41) is 0. The van der Waals surface area contributed by atoms with Gasteiger partial charge in [0.15, 0.2) is 0 Å².